The molecule has 0 bridgehead atoms. The molecule has 20 heavy (non-hydrogen) atoms. The van der Waals surface area contributed by atoms with Gasteiger partial charge in [-0.25, -0.2) is 0 Å². The highest BCUT2D eigenvalue weighted by Crippen LogP contribution is 2.51. The van der Waals surface area contributed by atoms with Gasteiger partial charge in [-0.3, -0.25) is 0 Å². The van der Waals surface area contributed by atoms with Crippen molar-refractivity contribution < 1.29 is 0 Å². The second-order valence-electron chi connectivity index (χ2n) is 4.21. The third-order valence-electron chi connectivity index (χ3n) is 2.91. The molecule has 2 aromatic carbocycles. The van der Waals surface area contributed by atoms with Gasteiger partial charge in [-0.15, -0.1) is 0 Å². The molecule has 0 saturated carbocycles. The fourth-order valence-electron chi connectivity index (χ4n) is 1.93. The van der Waals surface area contributed by atoms with Crippen LogP contribution in [0.4, 0.5) is 0 Å². The number of hydrogen-bond donors (Lipinski definition) is 0. The average molecular weight is 293 g/mol. The van der Waals surface area contributed by atoms with Crippen LogP contribution in [0.15, 0.2) is 70.3 Å². The molecule has 0 fully saturated rings. The molecule has 0 atom stereocenters. The maximum atomic E-state index is 9.44. The number of benzene rings is 2. The summed E-state index contributed by atoms with van der Waals surface area (Å²) < 4.78 is 1.05. The molecular formula is C17H11NS2. The summed E-state index contributed by atoms with van der Waals surface area (Å²) in [6.45, 7) is 0. The predicted molar refractivity (Wildman–Crippen MR) is 88.6 cm³/mol. The highest BCUT2D eigenvalue weighted by molar-refractivity contribution is 8.31. The molecule has 0 saturated heterocycles. The summed E-state index contributed by atoms with van der Waals surface area (Å²) in [5.74, 6) is 0. The van der Waals surface area contributed by atoms with E-state index in [1.165, 1.54) is 10.5 Å². The Morgan fingerprint density at radius 2 is 1.55 bits per heavy atom. The molecule has 0 unspecified atom stereocenters. The molecule has 3 heteroatoms. The monoisotopic (exact) mass is 293 g/mol. The maximum absolute atomic E-state index is 9.44. The smallest absolute Gasteiger partial charge is 0.102 e. The van der Waals surface area contributed by atoms with E-state index < -0.39 is 0 Å². The van der Waals surface area contributed by atoms with Crippen LogP contribution in [-0.2, 0) is 0 Å². The van der Waals surface area contributed by atoms with E-state index in [9.17, 15) is 5.26 Å². The van der Waals surface area contributed by atoms with Gasteiger partial charge in [0.1, 0.15) is 6.07 Å². The van der Waals surface area contributed by atoms with Crippen molar-refractivity contribution in [1.82, 2.24) is 0 Å². The molecule has 1 heterocycles. The van der Waals surface area contributed by atoms with Crippen molar-refractivity contribution in [3.63, 3.8) is 0 Å². The first-order valence-corrected chi connectivity index (χ1v) is 7.88. The number of nitriles is 1. The second kappa shape index (κ2) is 6.04. The normalized spacial score (nSPS) is 16.4. The van der Waals surface area contributed by atoms with Crippen LogP contribution >= 0.6 is 23.5 Å². The van der Waals surface area contributed by atoms with Gasteiger partial charge in [-0.1, -0.05) is 84.2 Å². The third-order valence-corrected chi connectivity index (χ3v) is 5.33. The van der Waals surface area contributed by atoms with E-state index >= 15 is 0 Å². The number of thioether (sulfide) groups is 2. The topological polar surface area (TPSA) is 23.8 Å². The van der Waals surface area contributed by atoms with E-state index in [2.05, 4.69) is 23.6 Å². The zero-order valence-corrected chi connectivity index (χ0v) is 12.2. The Morgan fingerprint density at radius 3 is 2.20 bits per heavy atom. The summed E-state index contributed by atoms with van der Waals surface area (Å²) in [7, 11) is 0. The van der Waals surface area contributed by atoms with Crippen LogP contribution in [0.25, 0.3) is 10.5 Å². The number of hydrogen-bond acceptors (Lipinski definition) is 3. The Balaban J connectivity index is 1.91. The van der Waals surface area contributed by atoms with Gasteiger partial charge in [0.05, 0.1) is 9.81 Å². The summed E-state index contributed by atoms with van der Waals surface area (Å²) >= 11 is 3.30. The van der Waals surface area contributed by atoms with E-state index in [1.807, 2.05) is 48.5 Å². The lowest BCUT2D eigenvalue weighted by Crippen LogP contribution is -1.82. The molecular weight excluding hydrogens is 282 g/mol. The third kappa shape index (κ3) is 2.67. The van der Waals surface area contributed by atoms with Crippen molar-refractivity contribution >= 4 is 34.0 Å². The highest BCUT2D eigenvalue weighted by Gasteiger charge is 2.18. The Bertz CT molecular complexity index is 710. The fourth-order valence-corrected chi connectivity index (χ4v) is 4.22. The SMILES string of the molecule is N#C/C(=C1\SC=C(c2ccccc2)S1)c1ccccc1. The van der Waals surface area contributed by atoms with Crippen LogP contribution in [0.1, 0.15) is 11.1 Å². The second-order valence-corrected chi connectivity index (χ2v) is 6.40. The van der Waals surface area contributed by atoms with Gasteiger partial charge >= 0.3 is 0 Å². The number of nitrogens with zero attached hydrogens (tertiary/aromatic N) is 1. The molecule has 0 N–H and O–H groups in total. The Kier molecular flexibility index (Phi) is 3.96. The largest absolute Gasteiger partial charge is 0.192 e. The Labute approximate surface area is 127 Å². The molecule has 3 rings (SSSR count). The van der Waals surface area contributed by atoms with Gasteiger partial charge in [0.2, 0.25) is 0 Å². The minimum atomic E-state index is 0.753. The summed E-state index contributed by atoms with van der Waals surface area (Å²) in [6.07, 6.45) is 0. The number of allylic oxidation sites excluding steroid dienone is 1. The van der Waals surface area contributed by atoms with Crippen molar-refractivity contribution in [3.8, 4) is 6.07 Å². The summed E-state index contributed by atoms with van der Waals surface area (Å²) in [6, 6.07) is 22.4. The Morgan fingerprint density at radius 1 is 0.900 bits per heavy atom. The lowest BCUT2D eigenvalue weighted by molar-refractivity contribution is 1.52. The van der Waals surface area contributed by atoms with Gasteiger partial charge in [0, 0.05) is 4.91 Å². The first-order valence-electron chi connectivity index (χ1n) is 6.18. The van der Waals surface area contributed by atoms with Crippen LogP contribution in [0.2, 0.25) is 0 Å². The lowest BCUT2D eigenvalue weighted by Gasteiger charge is -2.04. The number of rotatable bonds is 2. The summed E-state index contributed by atoms with van der Waals surface area (Å²) in [5.41, 5.74) is 2.93. The van der Waals surface area contributed by atoms with Crippen LogP contribution in [0.5, 0.6) is 0 Å². The maximum Gasteiger partial charge on any atom is 0.102 e. The van der Waals surface area contributed by atoms with E-state index in [4.69, 9.17) is 0 Å². The van der Waals surface area contributed by atoms with Crippen LogP contribution < -0.4 is 0 Å². The van der Waals surface area contributed by atoms with Crippen molar-refractivity contribution in [3.05, 3.63) is 81.4 Å². The minimum absolute atomic E-state index is 0.753. The lowest BCUT2D eigenvalue weighted by atomic mass is 10.1. The molecule has 96 valence electrons. The summed E-state index contributed by atoms with van der Waals surface area (Å²) in [5, 5.41) is 11.6. The van der Waals surface area contributed by atoms with E-state index in [-0.39, 0.29) is 0 Å². The molecule has 0 aromatic heterocycles. The molecule has 2 aromatic rings. The first kappa shape index (κ1) is 13.1. The van der Waals surface area contributed by atoms with Gasteiger partial charge in [0.25, 0.3) is 0 Å². The summed E-state index contributed by atoms with van der Waals surface area (Å²) in [4.78, 5) is 1.20. The van der Waals surface area contributed by atoms with Crippen molar-refractivity contribution in [1.29, 1.82) is 5.26 Å². The van der Waals surface area contributed by atoms with Crippen molar-refractivity contribution in [2.24, 2.45) is 0 Å². The standard InChI is InChI=1S/C17H11NS2/c18-11-15(13-7-3-1-4-8-13)17-19-12-16(20-17)14-9-5-2-6-10-14/h1-10,12H/b17-15-. The molecule has 0 radical (unpaired) electrons. The molecule has 0 amide bonds. The van der Waals surface area contributed by atoms with E-state index in [0.717, 1.165) is 15.4 Å². The molecule has 0 aliphatic carbocycles. The van der Waals surface area contributed by atoms with Crippen LogP contribution in [0, 0.1) is 11.3 Å². The van der Waals surface area contributed by atoms with Crippen LogP contribution in [-0.4, -0.2) is 0 Å². The van der Waals surface area contributed by atoms with E-state index in [0.29, 0.717) is 0 Å². The van der Waals surface area contributed by atoms with Crippen molar-refractivity contribution in [2.75, 3.05) is 0 Å². The zero-order valence-electron chi connectivity index (χ0n) is 10.6. The van der Waals surface area contributed by atoms with E-state index in [1.54, 1.807) is 23.5 Å². The zero-order chi connectivity index (χ0) is 13.8. The molecule has 1 aliphatic heterocycles. The fraction of sp³-hybridized carbons (Fsp3) is 0. The van der Waals surface area contributed by atoms with Gasteiger partial charge in [0.15, 0.2) is 0 Å². The highest BCUT2D eigenvalue weighted by atomic mass is 32.2. The van der Waals surface area contributed by atoms with Crippen LogP contribution in [0.3, 0.4) is 0 Å². The van der Waals surface area contributed by atoms with Gasteiger partial charge in [-0.2, -0.15) is 5.26 Å². The molecule has 1 aliphatic rings. The molecule has 1 nitrogen and oxygen atoms in total. The first-order chi connectivity index (χ1) is 9.88. The minimum Gasteiger partial charge on any atom is -0.192 e. The van der Waals surface area contributed by atoms with Crippen molar-refractivity contribution in [2.45, 2.75) is 0 Å². The average Bonchev–Trinajstić information content (AvgIpc) is 3.00. The predicted octanol–water partition coefficient (Wildman–Crippen LogP) is 5.36. The quantitative estimate of drug-likeness (QED) is 0.697. The van der Waals surface area contributed by atoms with Gasteiger partial charge < -0.3 is 0 Å². The Hall–Kier alpha value is -1.89. The molecule has 0 spiro atoms. The van der Waals surface area contributed by atoms with Gasteiger partial charge in [-0.05, 0) is 16.5 Å².